The van der Waals surface area contributed by atoms with E-state index in [1.807, 2.05) is 0 Å². The van der Waals surface area contributed by atoms with Crippen LogP contribution in [0.5, 0.6) is 17.2 Å². The number of methoxy groups -OCH3 is 2. The molecule has 0 aliphatic heterocycles. The summed E-state index contributed by atoms with van der Waals surface area (Å²) in [5, 5.41) is 0. The number of rotatable bonds is 5. The first-order valence-corrected chi connectivity index (χ1v) is 5.61. The second-order valence-electron chi connectivity index (χ2n) is 3.79. The van der Waals surface area contributed by atoms with Gasteiger partial charge in [0.1, 0.15) is 0 Å². The second-order valence-corrected chi connectivity index (χ2v) is 3.79. The van der Waals surface area contributed by atoms with E-state index in [0.29, 0.717) is 17.1 Å². The molecule has 0 amide bonds. The van der Waals surface area contributed by atoms with Gasteiger partial charge in [0.05, 0.1) is 14.2 Å². The summed E-state index contributed by atoms with van der Waals surface area (Å²) in [5.74, 6) is 0.401. The van der Waals surface area contributed by atoms with Gasteiger partial charge >= 0.3 is 5.97 Å². The first-order valence-electron chi connectivity index (χ1n) is 5.61. The molecule has 1 aromatic rings. The number of carbonyl (C=O) groups excluding carboxylic acids is 2. The lowest BCUT2D eigenvalue weighted by Gasteiger charge is -2.13. The third-order valence-corrected chi connectivity index (χ3v) is 2.24. The standard InChI is InChI=1S/C14H16O5/c1-9(15)5-6-11-7-12(17-3)14(19-10(2)16)13(8-11)18-4/h5-8H,1-4H3/b6-5+. The summed E-state index contributed by atoms with van der Waals surface area (Å²) >= 11 is 0. The van der Waals surface area contributed by atoms with Crippen molar-refractivity contribution in [2.24, 2.45) is 0 Å². The minimum atomic E-state index is -0.469. The molecular formula is C14H16O5. The highest BCUT2D eigenvalue weighted by molar-refractivity contribution is 5.91. The summed E-state index contributed by atoms with van der Waals surface area (Å²) in [7, 11) is 2.92. The van der Waals surface area contributed by atoms with Crippen LogP contribution < -0.4 is 14.2 Å². The number of esters is 1. The van der Waals surface area contributed by atoms with Crippen LogP contribution in [0.4, 0.5) is 0 Å². The van der Waals surface area contributed by atoms with Crippen LogP contribution >= 0.6 is 0 Å². The SMILES string of the molecule is COc1cc(/C=C/C(C)=O)cc(OC)c1OC(C)=O. The summed E-state index contributed by atoms with van der Waals surface area (Å²) in [5.41, 5.74) is 0.708. The van der Waals surface area contributed by atoms with E-state index in [-0.39, 0.29) is 11.5 Å². The van der Waals surface area contributed by atoms with Crippen LogP contribution in [-0.2, 0) is 9.59 Å². The Labute approximate surface area is 111 Å². The normalized spacial score (nSPS) is 10.3. The Balaban J connectivity index is 3.26. The van der Waals surface area contributed by atoms with Crippen LogP contribution in [0.1, 0.15) is 19.4 Å². The Morgan fingerprint density at radius 1 is 1.05 bits per heavy atom. The Kier molecular flexibility index (Phi) is 5.11. The number of carbonyl (C=O) groups is 2. The highest BCUT2D eigenvalue weighted by Crippen LogP contribution is 2.39. The molecule has 0 aromatic heterocycles. The van der Waals surface area contributed by atoms with Gasteiger partial charge in [-0.15, -0.1) is 0 Å². The monoisotopic (exact) mass is 264 g/mol. The molecule has 0 saturated heterocycles. The maximum atomic E-state index is 11.1. The van der Waals surface area contributed by atoms with Crippen molar-refractivity contribution >= 4 is 17.8 Å². The largest absolute Gasteiger partial charge is 0.493 e. The molecule has 0 radical (unpaired) electrons. The van der Waals surface area contributed by atoms with Gasteiger partial charge in [0.15, 0.2) is 17.3 Å². The molecule has 0 saturated carbocycles. The second kappa shape index (κ2) is 6.58. The molecule has 0 fully saturated rings. The van der Waals surface area contributed by atoms with Crippen molar-refractivity contribution in [1.82, 2.24) is 0 Å². The molecule has 0 atom stereocenters. The van der Waals surface area contributed by atoms with Crippen LogP contribution in [-0.4, -0.2) is 26.0 Å². The maximum Gasteiger partial charge on any atom is 0.308 e. The van der Waals surface area contributed by atoms with Gasteiger partial charge in [-0.1, -0.05) is 6.08 Å². The van der Waals surface area contributed by atoms with Gasteiger partial charge in [-0.3, -0.25) is 9.59 Å². The predicted octanol–water partition coefficient (Wildman–Crippen LogP) is 2.23. The van der Waals surface area contributed by atoms with Gasteiger partial charge in [-0.2, -0.15) is 0 Å². The van der Waals surface area contributed by atoms with Crippen LogP contribution in [0.3, 0.4) is 0 Å². The topological polar surface area (TPSA) is 61.8 Å². The van der Waals surface area contributed by atoms with Crippen LogP contribution in [0.15, 0.2) is 18.2 Å². The van der Waals surface area contributed by atoms with Crippen molar-refractivity contribution in [1.29, 1.82) is 0 Å². The first-order chi connectivity index (χ1) is 8.97. The average Bonchev–Trinajstić information content (AvgIpc) is 2.36. The van der Waals surface area contributed by atoms with E-state index in [4.69, 9.17) is 14.2 Å². The third-order valence-electron chi connectivity index (χ3n) is 2.24. The number of hydrogen-bond donors (Lipinski definition) is 0. The highest BCUT2D eigenvalue weighted by Gasteiger charge is 2.15. The van der Waals surface area contributed by atoms with Crippen molar-refractivity contribution in [3.8, 4) is 17.2 Å². The molecule has 1 aromatic carbocycles. The summed E-state index contributed by atoms with van der Waals surface area (Å²) in [6.45, 7) is 2.75. The zero-order chi connectivity index (χ0) is 14.4. The van der Waals surface area contributed by atoms with E-state index in [2.05, 4.69) is 0 Å². The molecule has 0 aliphatic carbocycles. The number of hydrogen-bond acceptors (Lipinski definition) is 5. The highest BCUT2D eigenvalue weighted by atomic mass is 16.6. The summed E-state index contributed by atoms with van der Waals surface area (Å²) < 4.78 is 15.4. The fourth-order valence-corrected chi connectivity index (χ4v) is 1.45. The maximum absolute atomic E-state index is 11.1. The number of benzene rings is 1. The lowest BCUT2D eigenvalue weighted by molar-refractivity contribution is -0.132. The molecule has 1 rings (SSSR count). The average molecular weight is 264 g/mol. The number of ketones is 1. The zero-order valence-electron chi connectivity index (χ0n) is 11.4. The Hall–Kier alpha value is -2.30. The summed E-state index contributed by atoms with van der Waals surface area (Å²) in [6.07, 6.45) is 3.06. The number of allylic oxidation sites excluding steroid dienone is 1. The van der Waals surface area contributed by atoms with E-state index >= 15 is 0 Å². The quantitative estimate of drug-likeness (QED) is 0.463. The van der Waals surface area contributed by atoms with Gasteiger partial charge in [-0.05, 0) is 30.7 Å². The van der Waals surface area contributed by atoms with Gasteiger partial charge in [0, 0.05) is 6.92 Å². The molecule has 0 spiro atoms. The van der Waals surface area contributed by atoms with E-state index in [1.54, 1.807) is 18.2 Å². The van der Waals surface area contributed by atoms with E-state index in [0.717, 1.165) is 0 Å². The van der Waals surface area contributed by atoms with Crippen molar-refractivity contribution in [3.05, 3.63) is 23.8 Å². The van der Waals surface area contributed by atoms with Crippen LogP contribution in [0.25, 0.3) is 6.08 Å². The molecule has 5 nitrogen and oxygen atoms in total. The van der Waals surface area contributed by atoms with E-state index in [1.165, 1.54) is 34.1 Å². The zero-order valence-corrected chi connectivity index (χ0v) is 11.4. The molecule has 102 valence electrons. The molecule has 0 N–H and O–H groups in total. The van der Waals surface area contributed by atoms with E-state index < -0.39 is 5.97 Å². The fraction of sp³-hybridized carbons (Fsp3) is 0.286. The van der Waals surface area contributed by atoms with Gasteiger partial charge in [-0.25, -0.2) is 0 Å². The molecule has 19 heavy (non-hydrogen) atoms. The Bertz CT molecular complexity index is 492. The van der Waals surface area contributed by atoms with Crippen LogP contribution in [0.2, 0.25) is 0 Å². The summed E-state index contributed by atoms with van der Waals surface area (Å²) in [6, 6.07) is 3.31. The smallest absolute Gasteiger partial charge is 0.308 e. The third kappa shape index (κ3) is 4.13. The molecule has 0 bridgehead atoms. The van der Waals surface area contributed by atoms with E-state index in [9.17, 15) is 9.59 Å². The van der Waals surface area contributed by atoms with Crippen molar-refractivity contribution in [3.63, 3.8) is 0 Å². The number of ether oxygens (including phenoxy) is 3. The first kappa shape index (κ1) is 14.8. The van der Waals surface area contributed by atoms with Crippen molar-refractivity contribution < 1.29 is 23.8 Å². The Morgan fingerprint density at radius 3 is 1.95 bits per heavy atom. The molecule has 5 heteroatoms. The van der Waals surface area contributed by atoms with Gasteiger partial charge in [0.25, 0.3) is 0 Å². The summed E-state index contributed by atoms with van der Waals surface area (Å²) in [4.78, 5) is 22.0. The van der Waals surface area contributed by atoms with Gasteiger partial charge < -0.3 is 14.2 Å². The van der Waals surface area contributed by atoms with Gasteiger partial charge in [0.2, 0.25) is 5.75 Å². The van der Waals surface area contributed by atoms with Crippen molar-refractivity contribution in [2.75, 3.05) is 14.2 Å². The minimum Gasteiger partial charge on any atom is -0.493 e. The molecule has 0 heterocycles. The Morgan fingerprint density at radius 2 is 1.58 bits per heavy atom. The van der Waals surface area contributed by atoms with Crippen molar-refractivity contribution in [2.45, 2.75) is 13.8 Å². The molecule has 0 aliphatic rings. The van der Waals surface area contributed by atoms with Crippen LogP contribution in [0, 0.1) is 0 Å². The molecule has 0 unspecified atom stereocenters. The minimum absolute atomic E-state index is 0.0676. The fourth-order valence-electron chi connectivity index (χ4n) is 1.45. The predicted molar refractivity (Wildman–Crippen MR) is 70.6 cm³/mol. The lowest BCUT2D eigenvalue weighted by atomic mass is 10.1. The lowest BCUT2D eigenvalue weighted by Crippen LogP contribution is -2.05. The molecular weight excluding hydrogens is 248 g/mol.